The van der Waals surface area contributed by atoms with E-state index in [1.54, 1.807) is 12.1 Å². The number of nitrogens with zero attached hydrogens (tertiary/aromatic N) is 5. The van der Waals surface area contributed by atoms with E-state index >= 15 is 0 Å². The number of hydrogen-bond acceptors (Lipinski definition) is 9. The largest absolute Gasteiger partial charge is 0.382 e. The van der Waals surface area contributed by atoms with Gasteiger partial charge < -0.3 is 11.5 Å². The van der Waals surface area contributed by atoms with E-state index in [0.717, 1.165) is 0 Å². The van der Waals surface area contributed by atoms with Gasteiger partial charge in [-0.2, -0.15) is 10.2 Å². The maximum absolute atomic E-state index is 12.4. The summed E-state index contributed by atoms with van der Waals surface area (Å²) in [6.07, 6.45) is 2.85. The monoisotopic (exact) mass is 359 g/mol. The lowest BCUT2D eigenvalue weighted by atomic mass is 10.3. The summed E-state index contributed by atoms with van der Waals surface area (Å²) >= 11 is 0. The molecule has 0 spiro atoms. The quantitative estimate of drug-likeness (QED) is 0.499. The normalized spacial score (nSPS) is 11.7. The number of sulfonamides is 1. The fourth-order valence-corrected chi connectivity index (χ4v) is 2.82. The second-order valence-corrected chi connectivity index (χ2v) is 6.43. The Hall–Kier alpha value is -3.54. The van der Waals surface area contributed by atoms with Crippen molar-refractivity contribution in [2.75, 3.05) is 16.2 Å². The molecular formula is C13H13N9O2S. The Morgan fingerprint density at radius 2 is 1.84 bits per heavy atom. The van der Waals surface area contributed by atoms with Crippen LogP contribution in [-0.2, 0) is 10.0 Å². The second-order valence-electron chi connectivity index (χ2n) is 4.75. The number of azo groups is 1. The third-order valence-electron chi connectivity index (χ3n) is 2.98. The first-order chi connectivity index (χ1) is 12.0. The molecule has 0 fully saturated rings. The molecule has 12 heteroatoms. The Morgan fingerprint density at radius 1 is 1.08 bits per heavy atom. The van der Waals surface area contributed by atoms with E-state index in [-0.39, 0.29) is 33.9 Å². The molecule has 1 aromatic carbocycles. The highest BCUT2D eigenvalue weighted by Crippen LogP contribution is 2.28. The van der Waals surface area contributed by atoms with Crippen molar-refractivity contribution in [2.45, 2.75) is 4.90 Å². The number of aromatic amines is 1. The zero-order valence-corrected chi connectivity index (χ0v) is 13.5. The van der Waals surface area contributed by atoms with Crippen molar-refractivity contribution in [3.8, 4) is 0 Å². The van der Waals surface area contributed by atoms with E-state index in [1.165, 1.54) is 30.6 Å². The first kappa shape index (κ1) is 16.3. The van der Waals surface area contributed by atoms with Crippen molar-refractivity contribution in [1.29, 1.82) is 0 Å². The van der Waals surface area contributed by atoms with Gasteiger partial charge in [-0.3, -0.25) is 5.10 Å². The summed E-state index contributed by atoms with van der Waals surface area (Å²) in [4.78, 5) is 7.62. The zero-order chi connectivity index (χ0) is 17.9. The van der Waals surface area contributed by atoms with Crippen LogP contribution in [0.1, 0.15) is 0 Å². The molecule has 0 saturated carbocycles. The third-order valence-corrected chi connectivity index (χ3v) is 4.31. The van der Waals surface area contributed by atoms with Crippen LogP contribution < -0.4 is 16.2 Å². The first-order valence-electron chi connectivity index (χ1n) is 6.87. The molecule has 0 saturated heterocycles. The van der Waals surface area contributed by atoms with Crippen LogP contribution in [0.5, 0.6) is 0 Å². The van der Waals surface area contributed by atoms with Gasteiger partial charge in [0.05, 0.1) is 10.6 Å². The smallest absolute Gasteiger partial charge is 0.264 e. The summed E-state index contributed by atoms with van der Waals surface area (Å²) in [7, 11) is -3.87. The van der Waals surface area contributed by atoms with Gasteiger partial charge >= 0.3 is 0 Å². The van der Waals surface area contributed by atoms with Crippen LogP contribution in [0.3, 0.4) is 0 Å². The van der Waals surface area contributed by atoms with Crippen molar-refractivity contribution in [1.82, 2.24) is 20.2 Å². The molecule has 0 aliphatic carbocycles. The number of hydrogen-bond donors (Lipinski definition) is 4. The third kappa shape index (κ3) is 3.69. The number of aromatic nitrogens is 4. The number of nitrogens with one attached hydrogen (secondary N) is 2. The van der Waals surface area contributed by atoms with Gasteiger partial charge in [0.25, 0.3) is 10.0 Å². The van der Waals surface area contributed by atoms with Gasteiger partial charge in [0.15, 0.2) is 11.5 Å². The van der Waals surface area contributed by atoms with Crippen LogP contribution in [0.15, 0.2) is 57.8 Å². The summed E-state index contributed by atoms with van der Waals surface area (Å²) in [5.41, 5.74) is 11.7. The zero-order valence-electron chi connectivity index (χ0n) is 12.7. The minimum Gasteiger partial charge on any atom is -0.382 e. The molecule has 0 bridgehead atoms. The summed E-state index contributed by atoms with van der Waals surface area (Å²) in [6, 6.07) is 7.42. The highest BCUT2D eigenvalue weighted by molar-refractivity contribution is 7.92. The van der Waals surface area contributed by atoms with Crippen molar-refractivity contribution in [2.24, 2.45) is 10.2 Å². The Balaban J connectivity index is 1.86. The number of benzene rings is 1. The number of nitrogens with two attached hydrogens (primary N) is 2. The lowest BCUT2D eigenvalue weighted by Crippen LogP contribution is -2.14. The molecule has 0 atom stereocenters. The fourth-order valence-electron chi connectivity index (χ4n) is 1.82. The van der Waals surface area contributed by atoms with Gasteiger partial charge in [-0.05, 0) is 24.3 Å². The van der Waals surface area contributed by atoms with Crippen LogP contribution in [0.4, 0.5) is 29.0 Å². The summed E-state index contributed by atoms with van der Waals surface area (Å²) in [5, 5.41) is 14.0. The van der Waals surface area contributed by atoms with E-state index < -0.39 is 10.0 Å². The molecule has 2 heterocycles. The molecule has 25 heavy (non-hydrogen) atoms. The fraction of sp³-hybridized carbons (Fsp3) is 0. The minimum atomic E-state index is -3.87. The molecule has 3 aromatic rings. The molecule has 0 unspecified atom stereocenters. The van der Waals surface area contributed by atoms with Gasteiger partial charge in [0, 0.05) is 12.4 Å². The van der Waals surface area contributed by atoms with Crippen LogP contribution in [0.2, 0.25) is 0 Å². The minimum absolute atomic E-state index is 0.0236. The predicted molar refractivity (Wildman–Crippen MR) is 90.9 cm³/mol. The molecule has 128 valence electrons. The molecule has 3 rings (SSSR count). The van der Waals surface area contributed by atoms with Crippen molar-refractivity contribution in [3.05, 3.63) is 42.7 Å². The van der Waals surface area contributed by atoms with Crippen LogP contribution in [-0.4, -0.2) is 28.6 Å². The average molecular weight is 359 g/mol. The summed E-state index contributed by atoms with van der Waals surface area (Å²) in [5.74, 6) is 0.217. The van der Waals surface area contributed by atoms with Crippen molar-refractivity contribution < 1.29 is 8.42 Å². The summed E-state index contributed by atoms with van der Waals surface area (Å²) in [6.45, 7) is 0. The molecule has 0 aliphatic rings. The Labute approximate surface area is 142 Å². The predicted octanol–water partition coefficient (Wildman–Crippen LogP) is 1.58. The Morgan fingerprint density at radius 3 is 2.52 bits per heavy atom. The van der Waals surface area contributed by atoms with Crippen molar-refractivity contribution in [3.63, 3.8) is 0 Å². The standard InChI is InChI=1S/C13H13N9O2S/c14-11-10(12(15)21-20-11)19-18-8-3-1-4-9(7-8)25(23,24)22-13-16-5-2-6-17-13/h1-7H,(H,16,17,22)(H5,14,15,20,21). The topological polar surface area (TPSA) is 177 Å². The Kier molecular flexibility index (Phi) is 4.26. The van der Waals surface area contributed by atoms with E-state index in [1.807, 2.05) is 0 Å². The van der Waals surface area contributed by atoms with E-state index in [9.17, 15) is 8.42 Å². The number of rotatable bonds is 5. The van der Waals surface area contributed by atoms with Crippen LogP contribution in [0.25, 0.3) is 0 Å². The molecule has 11 nitrogen and oxygen atoms in total. The molecule has 6 N–H and O–H groups in total. The highest BCUT2D eigenvalue weighted by atomic mass is 32.2. The summed E-state index contributed by atoms with van der Waals surface area (Å²) < 4.78 is 27.0. The second kappa shape index (κ2) is 6.52. The van der Waals surface area contributed by atoms with Crippen molar-refractivity contribution >= 4 is 39.0 Å². The number of anilines is 3. The molecular weight excluding hydrogens is 346 g/mol. The van der Waals surface area contributed by atoms with Gasteiger partial charge in [-0.1, -0.05) is 6.07 Å². The molecule has 0 amide bonds. The SMILES string of the molecule is Nc1n[nH]c(N)c1N=Nc1cccc(S(=O)(=O)Nc2ncccn2)c1. The van der Waals surface area contributed by atoms with Crippen LogP contribution in [0, 0.1) is 0 Å². The van der Waals surface area contributed by atoms with E-state index in [2.05, 4.69) is 35.1 Å². The first-order valence-corrected chi connectivity index (χ1v) is 8.35. The number of nitrogen functional groups attached to an aromatic ring is 2. The Bertz CT molecular complexity index is 995. The van der Waals surface area contributed by atoms with E-state index in [4.69, 9.17) is 11.5 Å². The van der Waals surface area contributed by atoms with Crippen LogP contribution >= 0.6 is 0 Å². The van der Waals surface area contributed by atoms with Gasteiger partial charge in [0.1, 0.15) is 5.82 Å². The lowest BCUT2D eigenvalue weighted by molar-refractivity contribution is 0.601. The van der Waals surface area contributed by atoms with Gasteiger partial charge in [0.2, 0.25) is 5.95 Å². The van der Waals surface area contributed by atoms with E-state index in [0.29, 0.717) is 0 Å². The van der Waals surface area contributed by atoms with Gasteiger partial charge in [-0.15, -0.1) is 5.11 Å². The lowest BCUT2D eigenvalue weighted by Gasteiger charge is -2.06. The molecule has 2 aromatic heterocycles. The maximum atomic E-state index is 12.4. The highest BCUT2D eigenvalue weighted by Gasteiger charge is 2.16. The average Bonchev–Trinajstić information content (AvgIpc) is 2.92. The van der Waals surface area contributed by atoms with Gasteiger partial charge in [-0.25, -0.2) is 23.1 Å². The molecule has 0 radical (unpaired) electrons. The molecule has 0 aliphatic heterocycles. The number of H-pyrrole nitrogens is 1. The maximum Gasteiger partial charge on any atom is 0.264 e.